The highest BCUT2D eigenvalue weighted by atomic mass is 16.5. The van der Waals surface area contributed by atoms with Gasteiger partial charge in [0.2, 0.25) is 0 Å². The van der Waals surface area contributed by atoms with E-state index in [9.17, 15) is 4.79 Å². The molecule has 1 unspecified atom stereocenters. The molecule has 1 fully saturated rings. The fourth-order valence-electron chi connectivity index (χ4n) is 3.49. The lowest BCUT2D eigenvalue weighted by molar-refractivity contribution is -0.124. The summed E-state index contributed by atoms with van der Waals surface area (Å²) in [6.45, 7) is 6.04. The minimum atomic E-state index is -0.436. The van der Waals surface area contributed by atoms with E-state index in [0.717, 1.165) is 39.3 Å². The molecule has 26 heavy (non-hydrogen) atoms. The van der Waals surface area contributed by atoms with Crippen molar-refractivity contribution in [3.8, 4) is 5.75 Å². The van der Waals surface area contributed by atoms with Crippen molar-refractivity contribution in [2.24, 2.45) is 0 Å². The lowest BCUT2D eigenvalue weighted by Crippen LogP contribution is -2.47. The molecule has 1 N–H and O–H groups in total. The number of anilines is 1. The zero-order valence-electron chi connectivity index (χ0n) is 14.8. The van der Waals surface area contributed by atoms with Crippen molar-refractivity contribution in [2.45, 2.75) is 19.1 Å². The van der Waals surface area contributed by atoms with Gasteiger partial charge >= 0.3 is 0 Å². The number of benzene rings is 1. The number of aromatic nitrogens is 1. The molecule has 1 amide bonds. The van der Waals surface area contributed by atoms with Crippen LogP contribution >= 0.6 is 0 Å². The van der Waals surface area contributed by atoms with Gasteiger partial charge in [-0.25, -0.2) is 4.98 Å². The molecule has 1 saturated heterocycles. The van der Waals surface area contributed by atoms with Crippen LogP contribution in [-0.2, 0) is 11.3 Å². The number of carbonyl (C=O) groups is 1. The molecule has 2 aliphatic rings. The number of ether oxygens (including phenoxy) is 1. The van der Waals surface area contributed by atoms with Gasteiger partial charge < -0.3 is 15.0 Å². The highest BCUT2D eigenvalue weighted by Gasteiger charge is 2.29. The number of piperazine rings is 1. The first kappa shape index (κ1) is 17.0. The Labute approximate surface area is 153 Å². The van der Waals surface area contributed by atoms with Gasteiger partial charge in [-0.15, -0.1) is 0 Å². The number of rotatable bonds is 5. The largest absolute Gasteiger partial charge is 0.477 e. The smallest absolute Gasteiger partial charge is 0.266 e. The van der Waals surface area contributed by atoms with E-state index in [2.05, 4.69) is 50.4 Å². The minimum absolute atomic E-state index is 0.0982. The second kappa shape index (κ2) is 7.85. The number of nitrogens with one attached hydrogen (secondary N) is 1. The number of pyridine rings is 1. The molecule has 2 aliphatic heterocycles. The minimum Gasteiger partial charge on any atom is -0.477 e. The van der Waals surface area contributed by atoms with Crippen LogP contribution in [0.15, 0.2) is 48.7 Å². The zero-order valence-corrected chi connectivity index (χ0v) is 14.8. The maximum Gasteiger partial charge on any atom is 0.266 e. The monoisotopic (exact) mass is 352 g/mol. The summed E-state index contributed by atoms with van der Waals surface area (Å²) in [5.41, 5.74) is 1.36. The summed E-state index contributed by atoms with van der Waals surface area (Å²) >= 11 is 0. The SMILES string of the molecule is O=C1Nc2ncccc2OC1CCN1CCN(Cc2ccccc2)CC1. The summed E-state index contributed by atoms with van der Waals surface area (Å²) in [6.07, 6.45) is 1.91. The van der Waals surface area contributed by atoms with E-state index in [0.29, 0.717) is 18.0 Å². The van der Waals surface area contributed by atoms with Gasteiger partial charge in [-0.1, -0.05) is 30.3 Å². The number of hydrogen-bond acceptors (Lipinski definition) is 5. The number of carbonyl (C=O) groups excluding carboxylic acids is 1. The summed E-state index contributed by atoms with van der Waals surface area (Å²) in [5.74, 6) is 1.08. The van der Waals surface area contributed by atoms with Crippen molar-refractivity contribution in [2.75, 3.05) is 38.0 Å². The van der Waals surface area contributed by atoms with Gasteiger partial charge in [-0.2, -0.15) is 0 Å². The van der Waals surface area contributed by atoms with Crippen LogP contribution in [0.2, 0.25) is 0 Å². The van der Waals surface area contributed by atoms with Crippen molar-refractivity contribution in [3.05, 3.63) is 54.2 Å². The first-order valence-electron chi connectivity index (χ1n) is 9.19. The Morgan fingerprint density at radius 2 is 1.81 bits per heavy atom. The molecule has 0 aliphatic carbocycles. The van der Waals surface area contributed by atoms with Crippen molar-refractivity contribution in [1.82, 2.24) is 14.8 Å². The summed E-state index contributed by atoms with van der Waals surface area (Å²) in [6, 6.07) is 14.3. The quantitative estimate of drug-likeness (QED) is 0.892. The third-order valence-electron chi connectivity index (χ3n) is 5.00. The standard InChI is InChI=1S/C20H24N4O2/c25-20-18(26-17-7-4-9-21-19(17)22-20)8-10-23-11-13-24(14-12-23)15-16-5-2-1-3-6-16/h1-7,9,18H,8,10-15H2,(H,21,22,25). The summed E-state index contributed by atoms with van der Waals surface area (Å²) in [7, 11) is 0. The third kappa shape index (κ3) is 4.03. The molecular formula is C20H24N4O2. The van der Waals surface area contributed by atoms with E-state index in [1.54, 1.807) is 6.20 Å². The number of fused-ring (bicyclic) bond motifs is 1. The van der Waals surface area contributed by atoms with Crippen molar-refractivity contribution < 1.29 is 9.53 Å². The highest BCUT2D eigenvalue weighted by molar-refractivity contribution is 5.96. The van der Waals surface area contributed by atoms with Crippen LogP contribution in [-0.4, -0.2) is 59.5 Å². The van der Waals surface area contributed by atoms with Crippen LogP contribution < -0.4 is 10.1 Å². The lowest BCUT2D eigenvalue weighted by atomic mass is 10.1. The first-order valence-corrected chi connectivity index (χ1v) is 9.19. The van der Waals surface area contributed by atoms with E-state index in [1.165, 1.54) is 5.56 Å². The number of hydrogen-bond donors (Lipinski definition) is 1. The number of amides is 1. The predicted octanol–water partition coefficient (Wildman–Crippen LogP) is 1.99. The molecule has 1 aromatic carbocycles. The molecule has 0 spiro atoms. The second-order valence-electron chi connectivity index (χ2n) is 6.84. The first-order chi connectivity index (χ1) is 12.8. The van der Waals surface area contributed by atoms with Crippen LogP contribution in [0.5, 0.6) is 5.75 Å². The van der Waals surface area contributed by atoms with Crippen LogP contribution in [0.1, 0.15) is 12.0 Å². The van der Waals surface area contributed by atoms with Gasteiger partial charge in [0.25, 0.3) is 5.91 Å². The van der Waals surface area contributed by atoms with E-state index in [1.807, 2.05) is 12.1 Å². The number of nitrogens with zero attached hydrogens (tertiary/aromatic N) is 3. The van der Waals surface area contributed by atoms with Gasteiger partial charge in [0.15, 0.2) is 17.7 Å². The summed E-state index contributed by atoms with van der Waals surface area (Å²) in [5, 5.41) is 2.83. The fraction of sp³-hybridized carbons (Fsp3) is 0.400. The van der Waals surface area contributed by atoms with Crippen molar-refractivity contribution in [1.29, 1.82) is 0 Å². The Bertz CT molecular complexity index is 744. The molecule has 6 heteroatoms. The second-order valence-corrected chi connectivity index (χ2v) is 6.84. The van der Waals surface area contributed by atoms with Gasteiger partial charge in [-0.3, -0.25) is 9.69 Å². The highest BCUT2D eigenvalue weighted by Crippen LogP contribution is 2.27. The molecule has 1 aromatic heterocycles. The Morgan fingerprint density at radius 3 is 2.62 bits per heavy atom. The molecule has 1 atom stereocenters. The molecular weight excluding hydrogens is 328 g/mol. The van der Waals surface area contributed by atoms with E-state index < -0.39 is 6.10 Å². The van der Waals surface area contributed by atoms with E-state index in [-0.39, 0.29) is 5.91 Å². The molecule has 0 saturated carbocycles. The molecule has 0 radical (unpaired) electrons. The van der Waals surface area contributed by atoms with Crippen LogP contribution in [0, 0.1) is 0 Å². The Hall–Kier alpha value is -2.44. The fourth-order valence-corrected chi connectivity index (χ4v) is 3.49. The van der Waals surface area contributed by atoms with Gasteiger partial charge in [0, 0.05) is 51.9 Å². The molecule has 2 aromatic rings. The maximum atomic E-state index is 12.2. The zero-order chi connectivity index (χ0) is 17.8. The van der Waals surface area contributed by atoms with Crippen molar-refractivity contribution in [3.63, 3.8) is 0 Å². The average molecular weight is 352 g/mol. The maximum absolute atomic E-state index is 12.2. The van der Waals surface area contributed by atoms with Crippen LogP contribution in [0.25, 0.3) is 0 Å². The van der Waals surface area contributed by atoms with E-state index in [4.69, 9.17) is 4.74 Å². The Morgan fingerprint density at radius 1 is 1.04 bits per heavy atom. The molecule has 4 rings (SSSR count). The molecule has 3 heterocycles. The van der Waals surface area contributed by atoms with Crippen LogP contribution in [0.3, 0.4) is 0 Å². The average Bonchev–Trinajstić information content (AvgIpc) is 2.68. The lowest BCUT2D eigenvalue weighted by Gasteiger charge is -2.35. The predicted molar refractivity (Wildman–Crippen MR) is 100 cm³/mol. The summed E-state index contributed by atoms with van der Waals surface area (Å²) in [4.78, 5) is 21.2. The van der Waals surface area contributed by atoms with Crippen LogP contribution in [0.4, 0.5) is 5.82 Å². The van der Waals surface area contributed by atoms with Crippen molar-refractivity contribution >= 4 is 11.7 Å². The van der Waals surface area contributed by atoms with Gasteiger partial charge in [-0.05, 0) is 17.7 Å². The Balaban J connectivity index is 1.23. The van der Waals surface area contributed by atoms with Gasteiger partial charge in [0.1, 0.15) is 0 Å². The molecule has 0 bridgehead atoms. The Kier molecular flexibility index (Phi) is 5.13. The third-order valence-corrected chi connectivity index (χ3v) is 5.00. The summed E-state index contributed by atoms with van der Waals surface area (Å²) < 4.78 is 5.82. The molecule has 6 nitrogen and oxygen atoms in total. The van der Waals surface area contributed by atoms with Gasteiger partial charge in [0.05, 0.1) is 0 Å². The topological polar surface area (TPSA) is 57.7 Å². The van der Waals surface area contributed by atoms with E-state index >= 15 is 0 Å². The normalized spacial score (nSPS) is 20.9. The molecule has 136 valence electrons.